The lowest BCUT2D eigenvalue weighted by atomic mass is 10.1. The summed E-state index contributed by atoms with van der Waals surface area (Å²) in [6, 6.07) is 0. The SMILES string of the molecule is C=N/C(N)=c1/nc(CN(CC)C(C)=O)[nH]/c1=C1\C=CC(OC)=CC1. The van der Waals surface area contributed by atoms with Gasteiger partial charge in [0.25, 0.3) is 0 Å². The van der Waals surface area contributed by atoms with Crippen LogP contribution in [0.25, 0.3) is 11.4 Å². The van der Waals surface area contributed by atoms with Crippen LogP contribution in [0.1, 0.15) is 26.1 Å². The minimum absolute atomic E-state index is 0.00585. The van der Waals surface area contributed by atoms with E-state index in [1.165, 1.54) is 6.92 Å². The van der Waals surface area contributed by atoms with Crippen LogP contribution in [0, 0.1) is 0 Å². The molecule has 0 spiro atoms. The number of aromatic nitrogens is 2. The summed E-state index contributed by atoms with van der Waals surface area (Å²) in [6.45, 7) is 7.93. The Morgan fingerprint density at radius 2 is 2.29 bits per heavy atom. The Balaban J connectivity index is 2.53. The number of hydrogen-bond donors (Lipinski definition) is 2. The van der Waals surface area contributed by atoms with Crippen LogP contribution in [0.3, 0.4) is 0 Å². The average Bonchev–Trinajstić information content (AvgIpc) is 3.02. The van der Waals surface area contributed by atoms with Crippen molar-refractivity contribution in [1.29, 1.82) is 0 Å². The molecule has 0 aliphatic heterocycles. The van der Waals surface area contributed by atoms with Crippen molar-refractivity contribution in [2.75, 3.05) is 13.7 Å². The van der Waals surface area contributed by atoms with Gasteiger partial charge < -0.3 is 20.4 Å². The topological polar surface area (TPSA) is 96.6 Å². The third-order valence-electron chi connectivity index (χ3n) is 3.86. The Morgan fingerprint density at radius 1 is 1.54 bits per heavy atom. The van der Waals surface area contributed by atoms with Crippen molar-refractivity contribution >= 4 is 24.0 Å². The third-order valence-corrected chi connectivity index (χ3v) is 3.86. The van der Waals surface area contributed by atoms with Crippen LogP contribution in [-0.2, 0) is 16.1 Å². The average molecular weight is 329 g/mol. The Kier molecular flexibility index (Phi) is 5.57. The smallest absolute Gasteiger partial charge is 0.219 e. The Bertz CT molecular complexity index is 817. The molecule has 2 rings (SSSR count). The normalized spacial score (nSPS) is 17.2. The summed E-state index contributed by atoms with van der Waals surface area (Å²) in [5.74, 6) is 1.72. The van der Waals surface area contributed by atoms with Crippen LogP contribution >= 0.6 is 0 Å². The summed E-state index contributed by atoms with van der Waals surface area (Å²) in [5, 5.41) is 1.34. The summed E-state index contributed by atoms with van der Waals surface area (Å²) in [5.41, 5.74) is 6.95. The van der Waals surface area contributed by atoms with E-state index in [2.05, 4.69) is 21.7 Å². The molecule has 0 unspecified atom stereocenters. The number of nitrogens with zero attached hydrogens (tertiary/aromatic N) is 3. The number of allylic oxidation sites excluding steroid dienone is 3. The number of nitrogens with two attached hydrogens (primary N) is 1. The zero-order valence-electron chi connectivity index (χ0n) is 14.3. The molecule has 1 aliphatic carbocycles. The quantitative estimate of drug-likeness (QED) is 0.751. The summed E-state index contributed by atoms with van der Waals surface area (Å²) < 4.78 is 5.21. The van der Waals surface area contributed by atoms with Crippen LogP contribution in [-0.4, -0.2) is 41.1 Å². The molecule has 7 nitrogen and oxygen atoms in total. The van der Waals surface area contributed by atoms with Crippen molar-refractivity contribution in [2.45, 2.75) is 26.8 Å². The van der Waals surface area contributed by atoms with Gasteiger partial charge in [-0.25, -0.2) is 9.98 Å². The maximum atomic E-state index is 11.6. The second-order valence-corrected chi connectivity index (χ2v) is 5.36. The second-order valence-electron chi connectivity index (χ2n) is 5.36. The highest BCUT2D eigenvalue weighted by Gasteiger charge is 2.12. The maximum absolute atomic E-state index is 11.6. The second kappa shape index (κ2) is 7.63. The van der Waals surface area contributed by atoms with E-state index in [1.807, 2.05) is 25.2 Å². The van der Waals surface area contributed by atoms with Crippen molar-refractivity contribution < 1.29 is 9.53 Å². The number of aromatic amines is 1. The minimum Gasteiger partial charge on any atom is -0.497 e. The molecule has 0 fully saturated rings. The minimum atomic E-state index is -0.00585. The van der Waals surface area contributed by atoms with Gasteiger partial charge in [-0.2, -0.15) is 0 Å². The van der Waals surface area contributed by atoms with Crippen molar-refractivity contribution in [3.05, 3.63) is 40.5 Å². The monoisotopic (exact) mass is 329 g/mol. The van der Waals surface area contributed by atoms with Gasteiger partial charge in [-0.15, -0.1) is 0 Å². The molecule has 0 bridgehead atoms. The number of imidazole rings is 1. The van der Waals surface area contributed by atoms with Gasteiger partial charge in [0.05, 0.1) is 19.0 Å². The Hall–Kier alpha value is -2.83. The highest BCUT2D eigenvalue weighted by atomic mass is 16.5. The van der Waals surface area contributed by atoms with E-state index < -0.39 is 0 Å². The van der Waals surface area contributed by atoms with Gasteiger partial charge in [0.2, 0.25) is 5.91 Å². The number of rotatable bonds is 5. The zero-order valence-corrected chi connectivity index (χ0v) is 14.3. The number of nitrogens with one attached hydrogen (secondary N) is 1. The standard InChI is InChI=1S/C17H23N5O2/c1-5-22(11(2)23)10-14-20-15(16(21-14)17(18)19-3)12-6-8-13(24-4)9-7-12/h6,8-9H,3,5,7,10,18H2,1-2,4H3,(H,20,21)/b15-12+,17-16+. The van der Waals surface area contributed by atoms with Crippen molar-refractivity contribution in [3.8, 4) is 0 Å². The number of ether oxygens (including phenoxy) is 1. The lowest BCUT2D eigenvalue weighted by Crippen LogP contribution is -2.31. The van der Waals surface area contributed by atoms with E-state index in [9.17, 15) is 4.79 Å². The molecule has 24 heavy (non-hydrogen) atoms. The lowest BCUT2D eigenvalue weighted by molar-refractivity contribution is -0.129. The number of H-pyrrole nitrogens is 1. The number of carbonyl (C=O) groups is 1. The van der Waals surface area contributed by atoms with Crippen LogP contribution < -0.4 is 16.4 Å². The van der Waals surface area contributed by atoms with E-state index >= 15 is 0 Å². The summed E-state index contributed by atoms with van der Waals surface area (Å²) >= 11 is 0. The van der Waals surface area contributed by atoms with Crippen LogP contribution in [0.4, 0.5) is 0 Å². The van der Waals surface area contributed by atoms with Gasteiger partial charge in [0.15, 0.2) is 5.82 Å². The molecule has 0 radical (unpaired) electrons. The van der Waals surface area contributed by atoms with E-state index in [4.69, 9.17) is 10.5 Å². The number of carbonyl (C=O) groups excluding carboxylic acids is 1. The first-order chi connectivity index (χ1) is 11.5. The van der Waals surface area contributed by atoms with Gasteiger partial charge in [-0.05, 0) is 37.8 Å². The highest BCUT2D eigenvalue weighted by molar-refractivity contribution is 5.73. The Labute approximate surface area is 140 Å². The number of hydrogen-bond acceptors (Lipinski definition) is 5. The fourth-order valence-electron chi connectivity index (χ4n) is 2.48. The Morgan fingerprint density at radius 3 is 2.79 bits per heavy atom. The molecule has 0 saturated carbocycles. The predicted molar refractivity (Wildman–Crippen MR) is 94.0 cm³/mol. The largest absolute Gasteiger partial charge is 0.497 e. The summed E-state index contributed by atoms with van der Waals surface area (Å²) in [4.78, 5) is 24.9. The molecule has 0 saturated heterocycles. The molecular weight excluding hydrogens is 306 g/mol. The number of aliphatic imine (C=N–C) groups is 1. The van der Waals surface area contributed by atoms with Gasteiger partial charge in [-0.3, -0.25) is 4.79 Å². The zero-order chi connectivity index (χ0) is 17.7. The van der Waals surface area contributed by atoms with E-state index in [1.54, 1.807) is 12.0 Å². The first-order valence-electron chi connectivity index (χ1n) is 7.72. The summed E-state index contributed by atoms with van der Waals surface area (Å²) in [7, 11) is 1.63. The fourth-order valence-corrected chi connectivity index (χ4v) is 2.48. The molecule has 1 amide bonds. The first kappa shape index (κ1) is 17.5. The molecule has 0 atom stereocenters. The molecule has 1 aromatic rings. The van der Waals surface area contributed by atoms with Gasteiger partial charge in [-0.1, -0.05) is 6.08 Å². The molecule has 1 aliphatic rings. The fraction of sp³-hybridized carbons (Fsp3) is 0.353. The van der Waals surface area contributed by atoms with Crippen LogP contribution in [0.15, 0.2) is 29.0 Å². The molecule has 7 heteroatoms. The van der Waals surface area contributed by atoms with E-state index in [0.29, 0.717) is 30.7 Å². The van der Waals surface area contributed by atoms with Gasteiger partial charge >= 0.3 is 0 Å². The van der Waals surface area contributed by atoms with Crippen LogP contribution in [0.5, 0.6) is 0 Å². The van der Waals surface area contributed by atoms with Crippen molar-refractivity contribution in [2.24, 2.45) is 10.7 Å². The lowest BCUT2D eigenvalue weighted by Gasteiger charge is -2.16. The van der Waals surface area contributed by atoms with E-state index in [0.717, 1.165) is 16.7 Å². The highest BCUT2D eigenvalue weighted by Crippen LogP contribution is 2.15. The van der Waals surface area contributed by atoms with Gasteiger partial charge in [0, 0.05) is 13.5 Å². The third kappa shape index (κ3) is 3.73. The molecule has 1 aromatic heterocycles. The van der Waals surface area contributed by atoms with Crippen molar-refractivity contribution in [3.63, 3.8) is 0 Å². The summed E-state index contributed by atoms with van der Waals surface area (Å²) in [6.07, 6.45) is 6.50. The number of methoxy groups -OCH3 is 1. The molecular formula is C17H23N5O2. The first-order valence-corrected chi connectivity index (χ1v) is 7.72. The molecule has 1 heterocycles. The van der Waals surface area contributed by atoms with Crippen LogP contribution in [0.2, 0.25) is 0 Å². The predicted octanol–water partition coefficient (Wildman–Crippen LogP) is 0.144. The van der Waals surface area contributed by atoms with Gasteiger partial charge in [0.1, 0.15) is 16.9 Å². The van der Waals surface area contributed by atoms with E-state index in [-0.39, 0.29) is 11.7 Å². The molecule has 3 N–H and O–H groups in total. The van der Waals surface area contributed by atoms with Crippen molar-refractivity contribution in [1.82, 2.24) is 14.9 Å². The molecule has 0 aromatic carbocycles. The maximum Gasteiger partial charge on any atom is 0.219 e. The molecule has 128 valence electrons. The number of amides is 1.